The average Bonchev–Trinajstić information content (AvgIpc) is 3.10. The zero-order chi connectivity index (χ0) is 22.8. The lowest BCUT2D eigenvalue weighted by Gasteiger charge is -2.49. The molecule has 1 aromatic rings. The molecular formula is C21H31N5O6. The lowest BCUT2D eigenvalue weighted by molar-refractivity contribution is -0.150. The van der Waals surface area contributed by atoms with E-state index in [1.165, 1.54) is 28.6 Å². The number of hydrogen-bond acceptors (Lipinski definition) is 8. The number of aromatic amines is 1. The molecule has 4 aliphatic carbocycles. The Bertz CT molecular complexity index is 862. The maximum Gasteiger partial charge on any atom is 0.354 e. The third-order valence-electron chi connectivity index (χ3n) is 6.92. The number of ether oxygens (including phenoxy) is 1. The van der Waals surface area contributed by atoms with Crippen LogP contribution in [0.15, 0.2) is 4.79 Å². The standard InChI is InChI=1S/C11H15N5O6.C10H16/c12-11-14-7-6(8(19)15-11)13-4-16(7)9(10(20)21)22-3-1-2-5(17)18;1-7-2-9-4-8(1)5-10(3-7)6-9/h9,13H,1-4H2,(H,17,18)(H,20,21)(H3,12,14,15,19);7-10H,1-6H2. The number of H-pyrrole nitrogens is 1. The van der Waals surface area contributed by atoms with Crippen LogP contribution in [0, 0.1) is 23.7 Å². The van der Waals surface area contributed by atoms with Gasteiger partial charge in [-0.25, -0.2) is 4.79 Å². The molecule has 4 saturated carbocycles. The molecule has 1 aliphatic heterocycles. The molecule has 1 atom stereocenters. The summed E-state index contributed by atoms with van der Waals surface area (Å²) >= 11 is 0. The van der Waals surface area contributed by atoms with Gasteiger partial charge in [-0.1, -0.05) is 0 Å². The minimum absolute atomic E-state index is 0.00473. The largest absolute Gasteiger partial charge is 0.481 e. The Morgan fingerprint density at radius 2 is 1.66 bits per heavy atom. The van der Waals surface area contributed by atoms with E-state index < -0.39 is 23.7 Å². The molecule has 1 aromatic heterocycles. The molecule has 6 N–H and O–H groups in total. The van der Waals surface area contributed by atoms with E-state index in [0.29, 0.717) is 0 Å². The summed E-state index contributed by atoms with van der Waals surface area (Å²) in [5.74, 6) is 2.36. The van der Waals surface area contributed by atoms with Crippen LogP contribution in [0.1, 0.15) is 51.4 Å². The molecule has 4 fully saturated rings. The number of carboxylic acid groups (broad SMARTS) is 2. The maximum atomic E-state index is 11.7. The number of carboxylic acids is 2. The molecule has 0 amide bonds. The topological polar surface area (TPSA) is 171 Å². The molecule has 4 bridgehead atoms. The third kappa shape index (κ3) is 4.98. The zero-order valence-electron chi connectivity index (χ0n) is 18.0. The smallest absolute Gasteiger partial charge is 0.354 e. The summed E-state index contributed by atoms with van der Waals surface area (Å²) in [6, 6.07) is 0. The molecule has 5 aliphatic rings. The number of anilines is 3. The second kappa shape index (κ2) is 9.35. The Hall–Kier alpha value is -2.82. The van der Waals surface area contributed by atoms with Gasteiger partial charge in [0.1, 0.15) is 5.69 Å². The number of nitrogens with one attached hydrogen (secondary N) is 2. The first kappa shape index (κ1) is 22.4. The molecule has 11 nitrogen and oxygen atoms in total. The van der Waals surface area contributed by atoms with Crippen molar-refractivity contribution in [3.63, 3.8) is 0 Å². The van der Waals surface area contributed by atoms with Crippen molar-refractivity contribution in [3.05, 3.63) is 10.4 Å². The van der Waals surface area contributed by atoms with E-state index in [4.69, 9.17) is 15.6 Å². The number of rotatable bonds is 7. The van der Waals surface area contributed by atoms with E-state index in [1.54, 1.807) is 38.5 Å². The van der Waals surface area contributed by atoms with E-state index in [0.717, 1.165) is 0 Å². The first-order chi connectivity index (χ1) is 15.3. The average molecular weight is 450 g/mol. The number of aliphatic carboxylic acids is 2. The number of carbonyl (C=O) groups is 2. The predicted octanol–water partition coefficient (Wildman–Crippen LogP) is 1.67. The van der Waals surface area contributed by atoms with Crippen LogP contribution in [0.5, 0.6) is 0 Å². The van der Waals surface area contributed by atoms with Crippen molar-refractivity contribution in [1.29, 1.82) is 0 Å². The first-order valence-corrected chi connectivity index (χ1v) is 11.3. The molecule has 0 aromatic carbocycles. The van der Waals surface area contributed by atoms with E-state index in [1.807, 2.05) is 0 Å². The number of nitrogen functional groups attached to an aromatic ring is 1. The second-order valence-electron chi connectivity index (χ2n) is 9.39. The Morgan fingerprint density at radius 1 is 1.09 bits per heavy atom. The normalized spacial score (nSPS) is 27.8. The van der Waals surface area contributed by atoms with Crippen molar-refractivity contribution in [2.24, 2.45) is 23.7 Å². The summed E-state index contributed by atoms with van der Waals surface area (Å²) in [4.78, 5) is 40.9. The molecule has 0 radical (unpaired) electrons. The van der Waals surface area contributed by atoms with Gasteiger partial charge < -0.3 is 30.9 Å². The van der Waals surface area contributed by atoms with Gasteiger partial charge in [-0.15, -0.1) is 0 Å². The fourth-order valence-electron chi connectivity index (χ4n) is 5.97. The van der Waals surface area contributed by atoms with Gasteiger partial charge in [-0.05, 0) is 68.6 Å². The summed E-state index contributed by atoms with van der Waals surface area (Å²) in [5, 5.41) is 20.5. The van der Waals surface area contributed by atoms with E-state index in [2.05, 4.69) is 15.3 Å². The van der Waals surface area contributed by atoms with Crippen LogP contribution in [0.4, 0.5) is 17.5 Å². The quantitative estimate of drug-likeness (QED) is 0.386. The molecule has 11 heteroatoms. The van der Waals surface area contributed by atoms with E-state index >= 15 is 0 Å². The van der Waals surface area contributed by atoms with Crippen LogP contribution in [-0.4, -0.2) is 51.6 Å². The second-order valence-corrected chi connectivity index (χ2v) is 9.39. The highest BCUT2D eigenvalue weighted by atomic mass is 16.5. The molecule has 32 heavy (non-hydrogen) atoms. The molecule has 1 unspecified atom stereocenters. The number of aromatic nitrogens is 2. The Morgan fingerprint density at radius 3 is 2.16 bits per heavy atom. The van der Waals surface area contributed by atoms with Gasteiger partial charge in [-0.3, -0.25) is 14.6 Å². The minimum atomic E-state index is -1.41. The number of fused-ring (bicyclic) bond motifs is 1. The summed E-state index contributed by atoms with van der Waals surface area (Å²) in [5.41, 5.74) is 5.04. The SMILES string of the molecule is C1C2CC3CC1CC(C2)C3.Nc1nc2c(c(=O)[nH]1)NCN2C(OCCCC(=O)O)C(=O)O. The fraction of sp³-hybridized carbons (Fsp3) is 0.714. The Labute approximate surface area is 185 Å². The van der Waals surface area contributed by atoms with Gasteiger partial charge in [0.2, 0.25) is 12.2 Å². The monoisotopic (exact) mass is 449 g/mol. The van der Waals surface area contributed by atoms with Gasteiger partial charge in [0, 0.05) is 6.42 Å². The highest BCUT2D eigenvalue weighted by Gasteiger charge is 2.41. The Balaban J connectivity index is 0.000000199. The zero-order valence-corrected chi connectivity index (χ0v) is 18.0. The Kier molecular flexibility index (Phi) is 6.54. The van der Waals surface area contributed by atoms with Crippen molar-refractivity contribution >= 4 is 29.4 Å². The third-order valence-corrected chi connectivity index (χ3v) is 6.92. The van der Waals surface area contributed by atoms with Gasteiger partial charge >= 0.3 is 11.9 Å². The molecule has 0 spiro atoms. The predicted molar refractivity (Wildman–Crippen MR) is 116 cm³/mol. The lowest BCUT2D eigenvalue weighted by atomic mass is 9.56. The van der Waals surface area contributed by atoms with Crippen molar-refractivity contribution in [2.45, 2.75) is 57.6 Å². The summed E-state index contributed by atoms with van der Waals surface area (Å²) < 4.78 is 5.20. The van der Waals surface area contributed by atoms with Crippen LogP contribution in [-0.2, 0) is 14.3 Å². The fourth-order valence-corrected chi connectivity index (χ4v) is 5.97. The van der Waals surface area contributed by atoms with Crippen LogP contribution >= 0.6 is 0 Å². The highest BCUT2D eigenvalue weighted by Crippen LogP contribution is 2.53. The number of nitrogens with zero attached hydrogens (tertiary/aromatic N) is 2. The van der Waals surface area contributed by atoms with Crippen molar-refractivity contribution in [1.82, 2.24) is 9.97 Å². The highest BCUT2D eigenvalue weighted by molar-refractivity contribution is 5.81. The number of nitrogens with two attached hydrogens (primary N) is 1. The van der Waals surface area contributed by atoms with Crippen LogP contribution in [0.25, 0.3) is 0 Å². The molecule has 0 saturated heterocycles. The van der Waals surface area contributed by atoms with Crippen LogP contribution < -0.4 is 21.5 Å². The maximum absolute atomic E-state index is 11.7. The van der Waals surface area contributed by atoms with E-state index in [9.17, 15) is 19.5 Å². The summed E-state index contributed by atoms with van der Waals surface area (Å²) in [7, 11) is 0. The molecule has 176 valence electrons. The van der Waals surface area contributed by atoms with Crippen molar-refractivity contribution in [3.8, 4) is 0 Å². The van der Waals surface area contributed by atoms with Crippen molar-refractivity contribution in [2.75, 3.05) is 29.2 Å². The number of hydrogen-bond donors (Lipinski definition) is 5. The first-order valence-electron chi connectivity index (χ1n) is 11.3. The van der Waals surface area contributed by atoms with Gasteiger partial charge in [0.05, 0.1) is 13.3 Å². The van der Waals surface area contributed by atoms with Crippen molar-refractivity contribution < 1.29 is 24.5 Å². The lowest BCUT2D eigenvalue weighted by Crippen LogP contribution is -2.43. The molecular weight excluding hydrogens is 418 g/mol. The molecule has 6 rings (SSSR count). The minimum Gasteiger partial charge on any atom is -0.481 e. The molecule has 2 heterocycles. The summed E-state index contributed by atoms with van der Waals surface area (Å²) in [6.07, 6.45) is 8.25. The van der Waals surface area contributed by atoms with Crippen LogP contribution in [0.3, 0.4) is 0 Å². The van der Waals surface area contributed by atoms with E-state index in [-0.39, 0.29) is 43.6 Å². The van der Waals surface area contributed by atoms with Gasteiger partial charge in [0.15, 0.2) is 5.82 Å². The summed E-state index contributed by atoms with van der Waals surface area (Å²) in [6.45, 7) is -0.0570. The van der Waals surface area contributed by atoms with Gasteiger partial charge in [0.25, 0.3) is 5.56 Å². The van der Waals surface area contributed by atoms with Gasteiger partial charge in [-0.2, -0.15) is 4.98 Å². The van der Waals surface area contributed by atoms with Crippen LogP contribution in [0.2, 0.25) is 0 Å².